The summed E-state index contributed by atoms with van der Waals surface area (Å²) in [7, 11) is 0. The fourth-order valence-corrected chi connectivity index (χ4v) is 3.10. The van der Waals surface area contributed by atoms with Crippen molar-refractivity contribution in [1.29, 1.82) is 4.29 Å². The summed E-state index contributed by atoms with van der Waals surface area (Å²) in [6, 6.07) is -2.88. The van der Waals surface area contributed by atoms with Crippen molar-refractivity contribution in [2.45, 2.75) is 78.6 Å². The summed E-state index contributed by atoms with van der Waals surface area (Å²) in [4.78, 5) is 0.0892. The molecule has 0 aromatic heterocycles. The van der Waals surface area contributed by atoms with Crippen LogP contribution in [0.2, 0.25) is 0 Å². The number of benzene rings is 1. The third kappa shape index (κ3) is 3.78. The molecule has 1 aromatic rings. The van der Waals surface area contributed by atoms with Crippen LogP contribution in [0.3, 0.4) is 0 Å². The first kappa shape index (κ1) is 7.65. The van der Waals surface area contributed by atoms with Crippen molar-refractivity contribution in [2.75, 3.05) is 20.0 Å². The van der Waals surface area contributed by atoms with Crippen LogP contribution >= 0.6 is 0 Å². The first-order valence-electron chi connectivity index (χ1n) is 18.0. The summed E-state index contributed by atoms with van der Waals surface area (Å²) in [5, 5.41) is 5.19. The predicted molar refractivity (Wildman–Crippen MR) is 116 cm³/mol. The minimum atomic E-state index is -3.82. The third-order valence-electron chi connectivity index (χ3n) is 5.85. The van der Waals surface area contributed by atoms with E-state index in [9.17, 15) is 6.85 Å². The molecule has 0 saturated heterocycles. The van der Waals surface area contributed by atoms with Gasteiger partial charge in [-0.2, -0.15) is 0 Å². The van der Waals surface area contributed by atoms with Crippen LogP contribution in [0.4, 0.5) is 0 Å². The van der Waals surface area contributed by atoms with Gasteiger partial charge in [0.05, 0.1) is 9.53 Å². The average molecular weight is 396 g/mol. The first-order chi connectivity index (χ1) is 20.0. The van der Waals surface area contributed by atoms with Crippen molar-refractivity contribution >= 4 is 0 Å². The Morgan fingerprint density at radius 2 is 2.33 bits per heavy atom. The molecule has 2 rings (SSSR count). The van der Waals surface area contributed by atoms with E-state index in [0.29, 0.717) is 0 Å². The maximum Gasteiger partial charge on any atom is 0.487 e. The van der Waals surface area contributed by atoms with Gasteiger partial charge in [0.15, 0.2) is 5.60 Å². The standard InChI is InChI=1S/C24H41NO2/c1-9-25(8)15-14-23(7,20-10-11-21(26)17(2)16-20)24(27)13-12-18(3)22(5,6)19(24)4/h10-11,16,18-19,26-27H,9,12-15H2,1-8H3/p+1/i8D3,9D2,10D,11D,12D2,13D2,14D2,16D,18D,19D,27D/hD2. The quantitative estimate of drug-likeness (QED) is 0.639. The maximum absolute atomic E-state index is 9.77. The molecule has 3 heteroatoms. The van der Waals surface area contributed by atoms with E-state index in [0.717, 1.165) is 39.7 Å². The second kappa shape index (κ2) is 7.75. The minimum Gasteiger partial charge on any atom is -0.508 e. The Bertz CT molecular complexity index is 1280. The van der Waals surface area contributed by atoms with Gasteiger partial charge in [0.1, 0.15) is 5.75 Å². The molecule has 1 aliphatic carbocycles. The molecule has 0 spiro atoms. The van der Waals surface area contributed by atoms with Crippen LogP contribution in [0.25, 0.3) is 0 Å². The van der Waals surface area contributed by atoms with Crippen molar-refractivity contribution < 1.29 is 32.2 Å². The lowest BCUT2D eigenvalue weighted by Gasteiger charge is -2.55. The third-order valence-corrected chi connectivity index (χ3v) is 5.85. The highest BCUT2D eigenvalue weighted by molar-refractivity contribution is 5.40. The lowest BCUT2D eigenvalue weighted by atomic mass is 9.49. The molecule has 3 nitrogen and oxygen atoms in total. The number of aromatic hydroxyl groups is 1. The van der Waals surface area contributed by atoms with Crippen molar-refractivity contribution in [2.24, 2.45) is 17.2 Å². The summed E-state index contributed by atoms with van der Waals surface area (Å²) in [5.74, 6) is -6.00. The Labute approximate surface area is 193 Å². The number of hydrogen-bond donors (Lipinski definition) is 1. The Morgan fingerprint density at radius 3 is 2.93 bits per heavy atom. The Hall–Kier alpha value is -1.06. The van der Waals surface area contributed by atoms with E-state index in [1.54, 1.807) is 0 Å². The van der Waals surface area contributed by atoms with Crippen molar-refractivity contribution in [3.63, 3.8) is 0 Å². The summed E-state index contributed by atoms with van der Waals surface area (Å²) in [6.07, 6.45) is -10.8. The number of phenols is 1. The van der Waals surface area contributed by atoms with Crippen LogP contribution in [0.1, 0.15) is 93.7 Å². The van der Waals surface area contributed by atoms with Gasteiger partial charge in [-0.1, -0.05) is 46.7 Å². The lowest BCUT2D eigenvalue weighted by molar-refractivity contribution is -0.161. The zero-order valence-electron chi connectivity index (χ0n) is 36.0. The number of rotatable bonds is 8. The van der Waals surface area contributed by atoms with Gasteiger partial charge in [0.2, 0.25) is 0 Å². The van der Waals surface area contributed by atoms with Crippen LogP contribution in [-0.4, -0.2) is 45.0 Å². The predicted octanol–water partition coefficient (Wildman–Crippen LogP) is 4.86. The topological polar surface area (TPSA) is 46.4 Å². The van der Waals surface area contributed by atoms with Gasteiger partial charge in [-0.05, 0) is 75.1 Å². The molecule has 0 amide bonds. The Morgan fingerprint density at radius 1 is 1.59 bits per heavy atom. The van der Waals surface area contributed by atoms with E-state index < -0.39 is 96.8 Å². The summed E-state index contributed by atoms with van der Waals surface area (Å²) < 4.78 is 166. The van der Waals surface area contributed by atoms with Gasteiger partial charge < -0.3 is 15.1 Å². The monoisotopic (exact) mass is 395 g/mol. The second-order valence-electron chi connectivity index (χ2n) is 7.62. The van der Waals surface area contributed by atoms with E-state index in [2.05, 4.69) is 5.11 Å². The molecule has 1 aromatic carbocycles. The molecular weight excluding hydrogens is 334 g/mol. The highest BCUT2D eigenvalue weighted by Crippen LogP contribution is 2.57. The molecule has 154 valence electrons. The molecule has 27 heavy (non-hydrogen) atoms. The van der Waals surface area contributed by atoms with Crippen LogP contribution in [0, 0.1) is 24.1 Å². The molecule has 4 atom stereocenters. The van der Waals surface area contributed by atoms with Crippen LogP contribution in [-0.2, 0) is 5.41 Å². The summed E-state index contributed by atoms with van der Waals surface area (Å²) >= 11 is 0. The van der Waals surface area contributed by atoms with E-state index in [4.69, 9.17) is 19.4 Å². The van der Waals surface area contributed by atoms with Crippen molar-refractivity contribution in [3.8, 4) is 5.75 Å². The molecule has 4 unspecified atom stereocenters. The van der Waals surface area contributed by atoms with Gasteiger partial charge in [0, 0.05) is 30.1 Å². The second-order valence-corrected chi connectivity index (χ2v) is 7.62. The van der Waals surface area contributed by atoms with Gasteiger partial charge in [-0.3, -0.25) is 0 Å². The van der Waals surface area contributed by atoms with E-state index in [1.165, 1.54) is 13.8 Å². The zero-order chi connectivity index (χ0) is 37.0. The smallest absolute Gasteiger partial charge is 0.487 e. The normalized spacial score (nSPS) is 51.2. The fourth-order valence-electron chi connectivity index (χ4n) is 3.10. The number of nitrogens with zero attached hydrogens (tertiary/aromatic N) is 1. The molecule has 3 N–H and O–H groups in total. The van der Waals surface area contributed by atoms with Crippen LogP contribution in [0.15, 0.2) is 18.1 Å². The molecule has 1 aliphatic rings. The molecule has 0 aliphatic heterocycles. The van der Waals surface area contributed by atoms with Crippen LogP contribution < -0.4 is 0 Å². The molecule has 0 bridgehead atoms. The molecule has 1 saturated carbocycles. The number of hydrogen-bond acceptors (Lipinski definition) is 2. The molecule has 0 radical (unpaired) electrons. The van der Waals surface area contributed by atoms with Gasteiger partial charge in [-0.25, -0.2) is 0 Å². The van der Waals surface area contributed by atoms with E-state index in [1.807, 2.05) is 0 Å². The number of phenolic OH excluding ortho intramolecular Hbond substituents is 1. The van der Waals surface area contributed by atoms with Gasteiger partial charge in [-0.15, -0.1) is 0 Å². The fraction of sp³-hybridized carbons (Fsp3) is 0.750. The zero-order valence-corrected chi connectivity index (χ0v) is 17.0. The van der Waals surface area contributed by atoms with Crippen molar-refractivity contribution in [1.82, 2.24) is 4.90 Å². The van der Waals surface area contributed by atoms with Gasteiger partial charge >= 0.3 is 2.86 Å². The highest BCUT2D eigenvalue weighted by atomic mass is 16.3. The maximum atomic E-state index is 9.77. The Kier molecular flexibility index (Phi) is 2.20. The van der Waals surface area contributed by atoms with E-state index in [-0.39, 0.29) is 10.5 Å². The SMILES string of the molecule is [2H]Oc1c([2H])c([2H])c(C(C)(C([2H])([2H])CN(C([2H])([2H])[2H])C([2H])([2H])C)C2([O+]([2H])[2H])C([2H])([2H])C([2H])([2H])C([2H])(C)C(C)(C)C2([2H])C)c([2H])c1C. The summed E-state index contributed by atoms with van der Waals surface area (Å²) in [6.45, 7) is -0.596. The summed E-state index contributed by atoms with van der Waals surface area (Å²) in [5.41, 5.74) is -10.3. The first-order valence-corrected chi connectivity index (χ1v) is 8.78. The molecular formula is C24H42NO2+. The van der Waals surface area contributed by atoms with E-state index >= 15 is 0 Å². The Balaban J connectivity index is 3.55. The molecule has 0 heterocycles. The average Bonchev–Trinajstić information content (AvgIpc) is 2.84. The van der Waals surface area contributed by atoms with Crippen molar-refractivity contribution in [3.05, 3.63) is 29.3 Å². The largest absolute Gasteiger partial charge is 0.508 e. The minimum absolute atomic E-state index is 0.0892. The lowest BCUT2D eigenvalue weighted by Crippen LogP contribution is -2.62. The molecule has 1 fully saturated rings. The van der Waals surface area contributed by atoms with Gasteiger partial charge in [0.25, 0.3) is 1.43 Å². The van der Waals surface area contributed by atoms with Crippen LogP contribution in [0.5, 0.6) is 5.75 Å². The highest BCUT2D eigenvalue weighted by Gasteiger charge is 2.62.